The van der Waals surface area contributed by atoms with E-state index in [1.54, 1.807) is 0 Å². The maximum atomic E-state index is 9.75. The van der Waals surface area contributed by atoms with E-state index in [0.29, 0.717) is 12.1 Å². The molecule has 3 aromatic carbocycles. The molecule has 0 radical (unpaired) electrons. The maximum absolute atomic E-state index is 9.75. The first-order chi connectivity index (χ1) is 15.2. The van der Waals surface area contributed by atoms with Crippen LogP contribution in [0.25, 0.3) is 22.4 Å². The van der Waals surface area contributed by atoms with Crippen LogP contribution in [-0.4, -0.2) is 9.55 Å². The van der Waals surface area contributed by atoms with Crippen molar-refractivity contribution < 1.29 is 0 Å². The van der Waals surface area contributed by atoms with E-state index in [9.17, 15) is 5.26 Å². The molecule has 0 N–H and O–H groups in total. The molecule has 4 heteroatoms. The molecule has 0 aliphatic rings. The average molecular weight is 470 g/mol. The van der Waals surface area contributed by atoms with Crippen molar-refractivity contribution in [2.75, 3.05) is 0 Å². The van der Waals surface area contributed by atoms with Gasteiger partial charge >= 0.3 is 0 Å². The van der Waals surface area contributed by atoms with E-state index in [-0.39, 0.29) is 0 Å². The molecule has 4 rings (SSSR count). The van der Waals surface area contributed by atoms with Crippen LogP contribution in [-0.2, 0) is 13.0 Å². The first-order valence-electron chi connectivity index (χ1n) is 10.6. The molecule has 0 saturated carbocycles. The molecule has 3 nitrogen and oxygen atoms in total. The van der Waals surface area contributed by atoms with Crippen LogP contribution in [0.15, 0.2) is 83.5 Å². The lowest BCUT2D eigenvalue weighted by molar-refractivity contribution is 0.678. The number of nitrogens with zero attached hydrogens (tertiary/aromatic N) is 3. The average Bonchev–Trinajstić information content (AvgIpc) is 3.20. The first kappa shape index (κ1) is 21.1. The predicted octanol–water partition coefficient (Wildman–Crippen LogP) is 7.24. The largest absolute Gasteiger partial charge is 0.330 e. The van der Waals surface area contributed by atoms with Crippen LogP contribution in [0.1, 0.15) is 36.7 Å². The van der Waals surface area contributed by atoms with Crippen LogP contribution in [0.5, 0.6) is 0 Å². The molecule has 1 aromatic heterocycles. The molecular weight excluding hydrogens is 446 g/mol. The van der Waals surface area contributed by atoms with Crippen molar-refractivity contribution in [1.82, 2.24) is 9.55 Å². The third kappa shape index (κ3) is 4.78. The molecule has 0 amide bonds. The summed E-state index contributed by atoms with van der Waals surface area (Å²) in [6.45, 7) is 2.89. The standard InChI is InChI=1S/C27H24BrN3/c1-2-3-13-27-30-26(24-11-7-8-12-25(24)28)19-31(27)18-20-14-15-23(22(16-20)17-29)21-9-5-4-6-10-21/h4-12,14-16,19H,2-3,13,18H2,1H3. The number of hydrogen-bond donors (Lipinski definition) is 0. The summed E-state index contributed by atoms with van der Waals surface area (Å²) < 4.78 is 3.27. The summed E-state index contributed by atoms with van der Waals surface area (Å²) in [4.78, 5) is 4.95. The SMILES string of the molecule is CCCCc1nc(-c2ccccc2Br)cn1Cc1ccc(-c2ccccc2)c(C#N)c1. The van der Waals surface area contributed by atoms with Gasteiger partial charge in [-0.05, 0) is 35.2 Å². The minimum absolute atomic E-state index is 0.695. The first-order valence-corrected chi connectivity index (χ1v) is 11.4. The van der Waals surface area contributed by atoms with Gasteiger partial charge in [0.05, 0.1) is 17.3 Å². The highest BCUT2D eigenvalue weighted by atomic mass is 79.9. The summed E-state index contributed by atoms with van der Waals surface area (Å²) in [5.41, 5.74) is 5.90. The summed E-state index contributed by atoms with van der Waals surface area (Å²) in [6.07, 6.45) is 5.29. The third-order valence-electron chi connectivity index (χ3n) is 5.41. The van der Waals surface area contributed by atoms with E-state index in [0.717, 1.165) is 57.5 Å². The molecule has 0 unspecified atom stereocenters. The zero-order valence-electron chi connectivity index (χ0n) is 17.6. The fourth-order valence-corrected chi connectivity index (χ4v) is 4.26. The molecule has 4 aromatic rings. The van der Waals surface area contributed by atoms with Crippen molar-refractivity contribution in [1.29, 1.82) is 5.26 Å². The summed E-state index contributed by atoms with van der Waals surface area (Å²) in [7, 11) is 0. The van der Waals surface area contributed by atoms with Gasteiger partial charge in [-0.15, -0.1) is 0 Å². The number of nitriles is 1. The molecule has 0 aliphatic heterocycles. The van der Waals surface area contributed by atoms with E-state index >= 15 is 0 Å². The second-order valence-corrected chi connectivity index (χ2v) is 8.47. The van der Waals surface area contributed by atoms with Gasteiger partial charge in [-0.2, -0.15) is 5.26 Å². The molecule has 0 fully saturated rings. The number of imidazole rings is 1. The van der Waals surface area contributed by atoms with E-state index in [2.05, 4.69) is 57.9 Å². The third-order valence-corrected chi connectivity index (χ3v) is 6.10. The molecule has 0 atom stereocenters. The number of aromatic nitrogens is 2. The number of rotatable bonds is 7. The van der Waals surface area contributed by atoms with Crippen molar-refractivity contribution in [3.05, 3.63) is 100 Å². The van der Waals surface area contributed by atoms with E-state index < -0.39 is 0 Å². The summed E-state index contributed by atoms with van der Waals surface area (Å²) >= 11 is 3.65. The van der Waals surface area contributed by atoms with Crippen LogP contribution in [0.2, 0.25) is 0 Å². The van der Waals surface area contributed by atoms with Gasteiger partial charge in [0, 0.05) is 29.2 Å². The minimum Gasteiger partial charge on any atom is -0.330 e. The lowest BCUT2D eigenvalue weighted by Crippen LogP contribution is -2.05. The van der Waals surface area contributed by atoms with Gasteiger partial charge in [0.2, 0.25) is 0 Å². The summed E-state index contributed by atoms with van der Waals surface area (Å²) in [5, 5.41) is 9.75. The van der Waals surface area contributed by atoms with Gasteiger partial charge in [0.25, 0.3) is 0 Å². The van der Waals surface area contributed by atoms with Gasteiger partial charge in [0.1, 0.15) is 5.82 Å². The highest BCUT2D eigenvalue weighted by Crippen LogP contribution is 2.29. The Kier molecular flexibility index (Phi) is 6.64. The normalized spacial score (nSPS) is 10.7. The van der Waals surface area contributed by atoms with Crippen molar-refractivity contribution >= 4 is 15.9 Å². The van der Waals surface area contributed by atoms with Gasteiger partial charge < -0.3 is 4.57 Å². The molecule has 0 spiro atoms. The Balaban J connectivity index is 1.68. The predicted molar refractivity (Wildman–Crippen MR) is 130 cm³/mol. The Hall–Kier alpha value is -3.16. The van der Waals surface area contributed by atoms with Crippen LogP contribution < -0.4 is 0 Å². The lowest BCUT2D eigenvalue weighted by Gasteiger charge is -2.10. The second kappa shape index (κ2) is 9.76. The Bertz CT molecular complexity index is 1220. The second-order valence-electron chi connectivity index (χ2n) is 7.61. The van der Waals surface area contributed by atoms with Crippen LogP contribution in [0, 0.1) is 11.3 Å². The number of halogens is 1. The minimum atomic E-state index is 0.695. The van der Waals surface area contributed by atoms with Gasteiger partial charge in [-0.25, -0.2) is 4.98 Å². The van der Waals surface area contributed by atoms with E-state index in [1.807, 2.05) is 54.6 Å². The zero-order valence-corrected chi connectivity index (χ0v) is 19.1. The molecule has 31 heavy (non-hydrogen) atoms. The molecule has 0 bridgehead atoms. The number of benzene rings is 3. The molecular formula is C27H24BrN3. The highest BCUT2D eigenvalue weighted by molar-refractivity contribution is 9.10. The summed E-state index contributed by atoms with van der Waals surface area (Å²) in [5.74, 6) is 1.08. The molecule has 1 heterocycles. The van der Waals surface area contributed by atoms with Gasteiger partial charge in [-0.3, -0.25) is 0 Å². The Morgan fingerprint density at radius 1 is 0.968 bits per heavy atom. The van der Waals surface area contributed by atoms with Crippen LogP contribution in [0.3, 0.4) is 0 Å². The topological polar surface area (TPSA) is 41.6 Å². The Labute approximate surface area is 192 Å². The number of unbranched alkanes of at least 4 members (excludes halogenated alkanes) is 1. The van der Waals surface area contributed by atoms with Gasteiger partial charge in [0.15, 0.2) is 0 Å². The van der Waals surface area contributed by atoms with Crippen LogP contribution >= 0.6 is 15.9 Å². The van der Waals surface area contributed by atoms with Crippen molar-refractivity contribution in [3.63, 3.8) is 0 Å². The highest BCUT2D eigenvalue weighted by Gasteiger charge is 2.13. The molecule has 0 saturated heterocycles. The van der Waals surface area contributed by atoms with Crippen molar-refractivity contribution in [2.24, 2.45) is 0 Å². The lowest BCUT2D eigenvalue weighted by atomic mass is 9.98. The van der Waals surface area contributed by atoms with Gasteiger partial charge in [-0.1, -0.05) is 89.9 Å². The van der Waals surface area contributed by atoms with Crippen LogP contribution in [0.4, 0.5) is 0 Å². The number of aryl methyl sites for hydroxylation is 1. The molecule has 0 aliphatic carbocycles. The van der Waals surface area contributed by atoms with Crippen molar-refractivity contribution in [3.8, 4) is 28.5 Å². The van der Waals surface area contributed by atoms with E-state index in [1.165, 1.54) is 0 Å². The van der Waals surface area contributed by atoms with E-state index in [4.69, 9.17) is 4.98 Å². The monoisotopic (exact) mass is 469 g/mol. The molecule has 154 valence electrons. The number of hydrogen-bond acceptors (Lipinski definition) is 2. The fraction of sp³-hybridized carbons (Fsp3) is 0.185. The Morgan fingerprint density at radius 3 is 2.48 bits per heavy atom. The smallest absolute Gasteiger partial charge is 0.109 e. The fourth-order valence-electron chi connectivity index (χ4n) is 3.77. The Morgan fingerprint density at radius 2 is 1.74 bits per heavy atom. The van der Waals surface area contributed by atoms with Crippen molar-refractivity contribution in [2.45, 2.75) is 32.7 Å². The maximum Gasteiger partial charge on any atom is 0.109 e. The summed E-state index contributed by atoms with van der Waals surface area (Å²) in [6, 6.07) is 26.8. The quantitative estimate of drug-likeness (QED) is 0.286. The zero-order chi connectivity index (χ0) is 21.6.